The summed E-state index contributed by atoms with van der Waals surface area (Å²) in [4.78, 5) is 0. The number of hydrogen-bond acceptors (Lipinski definition) is 4. The predicted molar refractivity (Wildman–Crippen MR) is 77.4 cm³/mol. The van der Waals surface area contributed by atoms with E-state index in [1.165, 1.54) is 24.1 Å². The lowest BCUT2D eigenvalue weighted by Gasteiger charge is -2.60. The number of benzene rings is 1. The molecule has 4 heteroatoms. The van der Waals surface area contributed by atoms with Gasteiger partial charge >= 0.3 is 0 Å². The first-order valence-electron chi connectivity index (χ1n) is 7.67. The van der Waals surface area contributed by atoms with Gasteiger partial charge in [-0.15, -0.1) is 0 Å². The molecule has 20 heavy (non-hydrogen) atoms. The van der Waals surface area contributed by atoms with E-state index in [1.54, 1.807) is 0 Å². The molecule has 2 aliphatic heterocycles. The van der Waals surface area contributed by atoms with Gasteiger partial charge in [0, 0.05) is 23.1 Å². The average molecular weight is 269 g/mol. The fourth-order valence-electron chi connectivity index (χ4n) is 5.66. The molecule has 1 saturated heterocycles. The maximum atomic E-state index is 9.48. The van der Waals surface area contributed by atoms with Gasteiger partial charge in [-0.1, -0.05) is 23.4 Å². The molecule has 3 aliphatic carbocycles. The second kappa shape index (κ2) is 3.55. The zero-order valence-electron chi connectivity index (χ0n) is 11.3. The fraction of sp³-hybridized carbons (Fsp3) is 0.562. The molecule has 0 radical (unpaired) electrons. The summed E-state index contributed by atoms with van der Waals surface area (Å²) in [5.74, 6) is 0.934. The fourth-order valence-corrected chi connectivity index (χ4v) is 5.66. The van der Waals surface area contributed by atoms with Crippen LogP contribution >= 0.6 is 0 Å². The van der Waals surface area contributed by atoms with Crippen molar-refractivity contribution < 1.29 is 5.21 Å². The van der Waals surface area contributed by atoms with E-state index in [0.29, 0.717) is 17.9 Å². The van der Waals surface area contributed by atoms with Crippen LogP contribution in [0, 0.1) is 11.8 Å². The van der Waals surface area contributed by atoms with Crippen molar-refractivity contribution in [3.63, 3.8) is 0 Å². The summed E-state index contributed by atoms with van der Waals surface area (Å²) in [5.41, 5.74) is 4.04. The summed E-state index contributed by atoms with van der Waals surface area (Å²) in [6, 6.07) is 9.48. The molecular weight excluding hydrogens is 250 g/mol. The number of hydrogen-bond donors (Lipinski definition) is 3. The zero-order chi connectivity index (χ0) is 13.3. The Labute approximate surface area is 118 Å². The van der Waals surface area contributed by atoms with Crippen LogP contribution in [0.15, 0.2) is 29.4 Å². The number of rotatable bonds is 0. The lowest BCUT2D eigenvalue weighted by atomic mass is 9.47. The highest BCUT2D eigenvalue weighted by atomic mass is 16.4. The van der Waals surface area contributed by atoms with Crippen LogP contribution in [0.5, 0.6) is 0 Å². The molecule has 1 aromatic carbocycles. The van der Waals surface area contributed by atoms with Gasteiger partial charge in [0.2, 0.25) is 0 Å². The van der Waals surface area contributed by atoms with Crippen LogP contribution in [-0.4, -0.2) is 29.5 Å². The molecule has 2 heterocycles. The minimum atomic E-state index is 0.254. The largest absolute Gasteiger partial charge is 0.411 e. The first-order chi connectivity index (χ1) is 9.86. The van der Waals surface area contributed by atoms with Crippen molar-refractivity contribution in [1.82, 2.24) is 5.32 Å². The molecule has 1 aromatic rings. The number of oxime groups is 1. The topological polar surface area (TPSA) is 56.7 Å². The van der Waals surface area contributed by atoms with Gasteiger partial charge in [0.15, 0.2) is 0 Å². The van der Waals surface area contributed by atoms with Crippen molar-refractivity contribution >= 4 is 11.4 Å². The molecule has 1 spiro atoms. The van der Waals surface area contributed by atoms with E-state index in [-0.39, 0.29) is 11.5 Å². The molecule has 5 unspecified atom stereocenters. The second-order valence-electron chi connectivity index (χ2n) is 6.70. The number of fused-ring (bicyclic) bond motifs is 2. The van der Waals surface area contributed by atoms with Gasteiger partial charge in [0.25, 0.3) is 0 Å². The molecule has 0 aromatic heterocycles. The van der Waals surface area contributed by atoms with Crippen LogP contribution in [0.3, 0.4) is 0 Å². The molecule has 3 saturated carbocycles. The molecule has 4 nitrogen and oxygen atoms in total. The Morgan fingerprint density at radius 3 is 3.05 bits per heavy atom. The number of piperidine rings is 1. The van der Waals surface area contributed by atoms with E-state index >= 15 is 0 Å². The van der Waals surface area contributed by atoms with Crippen molar-refractivity contribution in [3.8, 4) is 0 Å². The SMILES string of the molecule is ON=C1C2CCC3C1NCCC31c3ccccc3NC21. The van der Waals surface area contributed by atoms with Gasteiger partial charge in [0.1, 0.15) is 0 Å². The lowest BCUT2D eigenvalue weighted by molar-refractivity contribution is 0.0624. The normalized spacial score (nSPS) is 45.9. The molecule has 5 aliphatic rings. The summed E-state index contributed by atoms with van der Waals surface area (Å²) in [6.07, 6.45) is 3.58. The third-order valence-electron chi connectivity index (χ3n) is 6.27. The Morgan fingerprint density at radius 1 is 1.25 bits per heavy atom. The maximum absolute atomic E-state index is 9.48. The van der Waals surface area contributed by atoms with E-state index in [1.807, 2.05) is 0 Å². The zero-order valence-corrected chi connectivity index (χ0v) is 11.3. The maximum Gasteiger partial charge on any atom is 0.0794 e. The number of anilines is 1. The summed E-state index contributed by atoms with van der Waals surface area (Å²) in [6.45, 7) is 1.01. The Morgan fingerprint density at radius 2 is 2.15 bits per heavy atom. The Hall–Kier alpha value is -1.55. The molecule has 3 N–H and O–H groups in total. The van der Waals surface area contributed by atoms with Crippen LogP contribution in [0.25, 0.3) is 0 Å². The third-order valence-corrected chi connectivity index (χ3v) is 6.27. The summed E-state index contributed by atoms with van der Waals surface area (Å²) >= 11 is 0. The molecular formula is C16H19N3O. The molecule has 0 amide bonds. The number of para-hydroxylation sites is 1. The predicted octanol–water partition coefficient (Wildman–Crippen LogP) is 1.95. The summed E-state index contributed by atoms with van der Waals surface area (Å²) in [7, 11) is 0. The molecule has 4 bridgehead atoms. The smallest absolute Gasteiger partial charge is 0.0794 e. The van der Waals surface area contributed by atoms with Crippen molar-refractivity contribution in [1.29, 1.82) is 0 Å². The van der Waals surface area contributed by atoms with E-state index in [0.717, 1.165) is 18.7 Å². The highest BCUT2D eigenvalue weighted by Gasteiger charge is 2.65. The lowest BCUT2D eigenvalue weighted by Crippen LogP contribution is -2.72. The molecule has 4 fully saturated rings. The Kier molecular flexibility index (Phi) is 1.98. The standard InChI is InChI=1S/C16H19N3O/c20-19-13-9-5-6-11-14(13)17-8-7-16(11)10-3-1-2-4-12(10)18-15(9)16/h1-4,9,11,14-15,17-18,20H,5-8H2. The van der Waals surface area contributed by atoms with Gasteiger partial charge in [-0.05, 0) is 43.4 Å². The Bertz CT molecular complexity index is 609. The van der Waals surface area contributed by atoms with Crippen LogP contribution in [0.2, 0.25) is 0 Å². The second-order valence-corrected chi connectivity index (χ2v) is 6.70. The van der Waals surface area contributed by atoms with E-state index in [9.17, 15) is 5.21 Å². The van der Waals surface area contributed by atoms with E-state index in [4.69, 9.17) is 0 Å². The summed E-state index contributed by atoms with van der Waals surface area (Å²) in [5, 5.41) is 20.5. The van der Waals surface area contributed by atoms with Gasteiger partial charge in [-0.2, -0.15) is 0 Å². The van der Waals surface area contributed by atoms with Gasteiger partial charge < -0.3 is 15.8 Å². The highest BCUT2D eigenvalue weighted by Crippen LogP contribution is 2.61. The van der Waals surface area contributed by atoms with Gasteiger partial charge in [-0.25, -0.2) is 0 Å². The number of nitrogens with zero attached hydrogens (tertiary/aromatic N) is 1. The van der Waals surface area contributed by atoms with Crippen molar-refractivity contribution in [2.24, 2.45) is 17.0 Å². The van der Waals surface area contributed by atoms with Crippen LogP contribution in [-0.2, 0) is 5.41 Å². The van der Waals surface area contributed by atoms with E-state index < -0.39 is 0 Å². The van der Waals surface area contributed by atoms with Crippen molar-refractivity contribution in [3.05, 3.63) is 29.8 Å². The first-order valence-corrected chi connectivity index (χ1v) is 7.67. The minimum Gasteiger partial charge on any atom is -0.411 e. The van der Waals surface area contributed by atoms with Crippen molar-refractivity contribution in [2.45, 2.75) is 36.8 Å². The average Bonchev–Trinajstić information content (AvgIpc) is 2.84. The minimum absolute atomic E-state index is 0.254. The molecule has 6 rings (SSSR count). The van der Waals surface area contributed by atoms with Gasteiger partial charge in [-0.3, -0.25) is 0 Å². The first kappa shape index (κ1) is 11.1. The number of nitrogens with one attached hydrogen (secondary N) is 2. The van der Waals surface area contributed by atoms with E-state index in [2.05, 4.69) is 40.1 Å². The highest BCUT2D eigenvalue weighted by molar-refractivity contribution is 5.96. The Balaban J connectivity index is 1.76. The quantitative estimate of drug-likeness (QED) is 0.498. The van der Waals surface area contributed by atoms with Crippen LogP contribution in [0.1, 0.15) is 24.8 Å². The monoisotopic (exact) mass is 269 g/mol. The summed E-state index contributed by atoms with van der Waals surface area (Å²) < 4.78 is 0. The van der Waals surface area contributed by atoms with Crippen LogP contribution < -0.4 is 10.6 Å². The third kappa shape index (κ3) is 1.04. The van der Waals surface area contributed by atoms with Crippen molar-refractivity contribution in [2.75, 3.05) is 11.9 Å². The van der Waals surface area contributed by atoms with Crippen LogP contribution in [0.4, 0.5) is 5.69 Å². The molecule has 5 atom stereocenters. The molecule has 104 valence electrons. The van der Waals surface area contributed by atoms with Gasteiger partial charge in [0.05, 0.1) is 11.8 Å².